The topological polar surface area (TPSA) is 106 Å². The summed E-state index contributed by atoms with van der Waals surface area (Å²) in [7, 11) is 3.95. The van der Waals surface area contributed by atoms with E-state index in [1.54, 1.807) is 16.9 Å². The minimum Gasteiger partial charge on any atom is -0.466 e. The molecule has 2 aromatic heterocycles. The number of hydrogen-bond donors (Lipinski definition) is 1. The van der Waals surface area contributed by atoms with Gasteiger partial charge in [-0.1, -0.05) is 11.8 Å². The quantitative estimate of drug-likeness (QED) is 0.320. The highest BCUT2D eigenvalue weighted by atomic mass is 32.2. The summed E-state index contributed by atoms with van der Waals surface area (Å²) in [5.74, 6) is -0.443. The van der Waals surface area contributed by atoms with Crippen molar-refractivity contribution in [1.82, 2.24) is 19.4 Å². The van der Waals surface area contributed by atoms with Gasteiger partial charge in [-0.15, -0.1) is 11.3 Å². The van der Waals surface area contributed by atoms with Crippen LogP contribution < -0.4 is 11.0 Å². The van der Waals surface area contributed by atoms with Crippen molar-refractivity contribution in [3.05, 3.63) is 32.8 Å². The number of esters is 1. The van der Waals surface area contributed by atoms with Crippen molar-refractivity contribution < 1.29 is 14.3 Å². The van der Waals surface area contributed by atoms with Crippen molar-refractivity contribution in [2.75, 3.05) is 38.3 Å². The average Bonchev–Trinajstić information content (AvgIpc) is 3.35. The number of nitrogens with one attached hydrogen (secondary N) is 1. The van der Waals surface area contributed by atoms with Gasteiger partial charge in [-0.25, -0.2) is 9.78 Å². The van der Waals surface area contributed by atoms with Gasteiger partial charge in [0, 0.05) is 29.7 Å². The van der Waals surface area contributed by atoms with Crippen molar-refractivity contribution >= 4 is 40.1 Å². The molecule has 31 heavy (non-hydrogen) atoms. The Kier molecular flexibility index (Phi) is 8.22. The molecule has 1 aliphatic rings. The molecule has 0 bridgehead atoms. The van der Waals surface area contributed by atoms with Crippen LogP contribution in [-0.2, 0) is 40.1 Å². The van der Waals surface area contributed by atoms with E-state index in [4.69, 9.17) is 4.74 Å². The third-order valence-corrected chi connectivity index (χ3v) is 6.56. The lowest BCUT2D eigenvalue weighted by Gasteiger charge is -2.16. The lowest BCUT2D eigenvalue weighted by Crippen LogP contribution is -2.31. The first-order chi connectivity index (χ1) is 14.9. The maximum absolute atomic E-state index is 12.6. The maximum atomic E-state index is 12.6. The number of nitrogens with zero attached hydrogens (tertiary/aromatic N) is 4. The van der Waals surface area contributed by atoms with E-state index in [0.717, 1.165) is 37.1 Å². The fraction of sp³-hybridized carbons (Fsp3) is 0.550. The molecule has 3 rings (SSSR count). The molecule has 0 aliphatic heterocycles. The smallest absolute Gasteiger partial charge is 0.348 e. The Balaban J connectivity index is 1.60. The molecule has 11 heteroatoms. The van der Waals surface area contributed by atoms with Gasteiger partial charge in [0.2, 0.25) is 5.91 Å². The lowest BCUT2D eigenvalue weighted by molar-refractivity contribution is -0.142. The first kappa shape index (κ1) is 23.4. The second-order valence-corrected chi connectivity index (χ2v) is 9.22. The number of rotatable bonds is 10. The molecule has 0 saturated carbocycles. The summed E-state index contributed by atoms with van der Waals surface area (Å²) in [5.41, 5.74) is 2.44. The molecule has 2 heterocycles. The minimum atomic E-state index is -0.346. The van der Waals surface area contributed by atoms with Crippen molar-refractivity contribution in [2.45, 2.75) is 44.2 Å². The Morgan fingerprint density at radius 3 is 2.87 bits per heavy atom. The third-order valence-electron chi connectivity index (χ3n) is 4.74. The molecule has 0 aromatic carbocycles. The summed E-state index contributed by atoms with van der Waals surface area (Å²) in [4.78, 5) is 47.0. The highest BCUT2D eigenvalue weighted by molar-refractivity contribution is 8.00. The zero-order valence-corrected chi connectivity index (χ0v) is 19.6. The summed E-state index contributed by atoms with van der Waals surface area (Å²) in [6, 6.07) is 0. The van der Waals surface area contributed by atoms with Crippen molar-refractivity contribution in [3.8, 4) is 0 Å². The van der Waals surface area contributed by atoms with E-state index in [2.05, 4.69) is 15.3 Å². The van der Waals surface area contributed by atoms with Crippen LogP contribution in [0.3, 0.4) is 0 Å². The summed E-state index contributed by atoms with van der Waals surface area (Å²) in [6.07, 6.45) is 2.81. The molecule has 0 spiro atoms. The lowest BCUT2D eigenvalue weighted by atomic mass is 10.2. The molecule has 1 N–H and O–H groups in total. The van der Waals surface area contributed by atoms with Crippen LogP contribution in [-0.4, -0.2) is 64.3 Å². The van der Waals surface area contributed by atoms with Gasteiger partial charge in [0.15, 0.2) is 5.13 Å². The van der Waals surface area contributed by atoms with Gasteiger partial charge in [-0.05, 0) is 40.3 Å². The number of carbonyl (C=O) groups is 2. The van der Waals surface area contributed by atoms with Gasteiger partial charge in [0.1, 0.15) is 5.03 Å². The van der Waals surface area contributed by atoms with E-state index in [1.165, 1.54) is 23.1 Å². The van der Waals surface area contributed by atoms with Crippen molar-refractivity contribution in [3.63, 3.8) is 0 Å². The molecule has 0 fully saturated rings. The largest absolute Gasteiger partial charge is 0.466 e. The number of thiazole rings is 1. The van der Waals surface area contributed by atoms with Gasteiger partial charge in [-0.3, -0.25) is 14.2 Å². The Morgan fingerprint density at radius 1 is 1.32 bits per heavy atom. The number of anilines is 1. The van der Waals surface area contributed by atoms with Crippen LogP contribution in [0.25, 0.3) is 0 Å². The summed E-state index contributed by atoms with van der Waals surface area (Å²) in [6.45, 7) is 3.46. The summed E-state index contributed by atoms with van der Waals surface area (Å²) >= 11 is 2.54. The predicted octanol–water partition coefficient (Wildman–Crippen LogP) is 1.59. The summed E-state index contributed by atoms with van der Waals surface area (Å²) < 4.78 is 6.67. The minimum absolute atomic E-state index is 0.0785. The number of aromatic nitrogens is 3. The van der Waals surface area contributed by atoms with Crippen LogP contribution >= 0.6 is 23.1 Å². The Morgan fingerprint density at radius 2 is 2.13 bits per heavy atom. The highest BCUT2D eigenvalue weighted by Gasteiger charge is 2.22. The van der Waals surface area contributed by atoms with Crippen molar-refractivity contribution in [2.24, 2.45) is 0 Å². The number of amides is 1. The molecule has 0 atom stereocenters. The number of fused-ring (bicyclic) bond motifs is 1. The van der Waals surface area contributed by atoms with E-state index in [0.29, 0.717) is 29.0 Å². The molecule has 1 amide bonds. The highest BCUT2D eigenvalue weighted by Crippen LogP contribution is 2.29. The van der Waals surface area contributed by atoms with Crippen molar-refractivity contribution in [1.29, 1.82) is 0 Å². The molecular formula is C20H27N5O4S2. The molecule has 1 aliphatic carbocycles. The number of carbonyl (C=O) groups excluding carboxylic acids is 2. The van der Waals surface area contributed by atoms with Gasteiger partial charge >= 0.3 is 11.7 Å². The number of likely N-dealkylation sites (N-methyl/N-ethyl adjacent to an activating group) is 1. The average molecular weight is 466 g/mol. The molecule has 9 nitrogen and oxygen atoms in total. The molecule has 2 aromatic rings. The van der Waals surface area contributed by atoms with Gasteiger partial charge in [0.25, 0.3) is 0 Å². The molecule has 0 saturated heterocycles. The van der Waals surface area contributed by atoms with Crippen LogP contribution in [0.2, 0.25) is 0 Å². The summed E-state index contributed by atoms with van der Waals surface area (Å²) in [5, 5.41) is 5.55. The molecular weight excluding hydrogens is 438 g/mol. The maximum Gasteiger partial charge on any atom is 0.348 e. The number of thioether (sulfide) groups is 1. The van der Waals surface area contributed by atoms with Crippen LogP contribution in [0.1, 0.15) is 30.3 Å². The van der Waals surface area contributed by atoms with Crippen LogP contribution in [0.5, 0.6) is 0 Å². The first-order valence-electron chi connectivity index (χ1n) is 10.2. The van der Waals surface area contributed by atoms with E-state index in [9.17, 15) is 14.4 Å². The predicted molar refractivity (Wildman–Crippen MR) is 121 cm³/mol. The Hall–Kier alpha value is -2.24. The van der Waals surface area contributed by atoms with E-state index in [1.807, 2.05) is 19.0 Å². The monoisotopic (exact) mass is 465 g/mol. The second-order valence-electron chi connectivity index (χ2n) is 7.40. The third kappa shape index (κ3) is 6.37. The normalized spacial score (nSPS) is 12.8. The molecule has 0 unspecified atom stereocenters. The van der Waals surface area contributed by atoms with E-state index in [-0.39, 0.29) is 29.7 Å². The van der Waals surface area contributed by atoms with Crippen LogP contribution in [0.4, 0.5) is 5.13 Å². The van der Waals surface area contributed by atoms with Gasteiger partial charge in [-0.2, -0.15) is 4.98 Å². The fourth-order valence-electron chi connectivity index (χ4n) is 3.33. The molecule has 0 radical (unpaired) electrons. The first-order valence-corrected chi connectivity index (χ1v) is 12.0. The van der Waals surface area contributed by atoms with E-state index >= 15 is 0 Å². The van der Waals surface area contributed by atoms with Gasteiger partial charge < -0.3 is 15.0 Å². The SMILES string of the molecule is CCOC(=O)Cc1csc(NC(=O)CSc2nc(=O)n(CCN(C)C)c3c2CCC3)n1. The van der Waals surface area contributed by atoms with Gasteiger partial charge in [0.05, 0.1) is 24.5 Å². The number of hydrogen-bond acceptors (Lipinski definition) is 9. The van der Waals surface area contributed by atoms with Crippen LogP contribution in [0.15, 0.2) is 15.2 Å². The standard InChI is InChI=1S/C20H27N5O4S2/c1-4-29-17(27)10-13-11-31-19(21-13)22-16(26)12-30-18-14-6-5-7-15(14)25(20(28)23-18)9-8-24(2)3/h11H,4-10,12H2,1-3H3,(H,21,22,26). The molecule has 168 valence electrons. The van der Waals surface area contributed by atoms with Crippen LogP contribution in [0, 0.1) is 0 Å². The Labute approximate surface area is 189 Å². The van der Waals surface area contributed by atoms with E-state index < -0.39 is 0 Å². The fourth-order valence-corrected chi connectivity index (χ4v) is 4.93. The zero-order valence-electron chi connectivity index (χ0n) is 18.0. The Bertz CT molecular complexity index is 1000. The number of ether oxygens (including phenoxy) is 1. The zero-order chi connectivity index (χ0) is 22.4. The second kappa shape index (κ2) is 10.9.